The topological polar surface area (TPSA) is 80.6 Å². The van der Waals surface area contributed by atoms with Crippen molar-refractivity contribution in [2.24, 2.45) is 12.0 Å². The number of fused-ring (bicyclic) bond motifs is 1. The van der Waals surface area contributed by atoms with E-state index < -0.39 is 0 Å². The third-order valence-corrected chi connectivity index (χ3v) is 3.80. The van der Waals surface area contributed by atoms with Crippen molar-refractivity contribution in [3.8, 4) is 5.75 Å². The summed E-state index contributed by atoms with van der Waals surface area (Å²) in [6.07, 6.45) is 0. The maximum Gasteiger partial charge on any atom is 0.263 e. The lowest BCUT2D eigenvalue weighted by Crippen LogP contribution is -2.24. The Labute approximate surface area is 133 Å². The molecular formula is C18H17N3O2. The highest BCUT2D eigenvalue weighted by atomic mass is 16.3. The van der Waals surface area contributed by atoms with Gasteiger partial charge in [0.1, 0.15) is 11.3 Å². The van der Waals surface area contributed by atoms with Crippen LogP contribution in [0.4, 0.5) is 11.4 Å². The molecule has 0 aliphatic heterocycles. The number of benzene rings is 2. The summed E-state index contributed by atoms with van der Waals surface area (Å²) >= 11 is 0. The summed E-state index contributed by atoms with van der Waals surface area (Å²) < 4.78 is 1.52. The standard InChI is InChI=1S/C18H17N3O2/c1-11(20-13-7-5-6-12(19)10-13)16-17(22)14-8-3-4-9-15(14)21(2)18(16)23/h3-10,22H,19H2,1-2H3. The summed E-state index contributed by atoms with van der Waals surface area (Å²) in [5.74, 6) is -0.0474. The number of aromatic nitrogens is 1. The Morgan fingerprint density at radius 2 is 1.91 bits per heavy atom. The predicted octanol–water partition coefficient (Wildman–Crippen LogP) is 2.97. The summed E-state index contributed by atoms with van der Waals surface area (Å²) in [5, 5.41) is 11.2. The van der Waals surface area contributed by atoms with Gasteiger partial charge in [-0.1, -0.05) is 18.2 Å². The predicted molar refractivity (Wildman–Crippen MR) is 93.6 cm³/mol. The van der Waals surface area contributed by atoms with Crippen molar-refractivity contribution in [3.63, 3.8) is 0 Å². The second-order valence-electron chi connectivity index (χ2n) is 5.40. The molecule has 3 N–H and O–H groups in total. The largest absolute Gasteiger partial charge is 0.506 e. The number of aromatic hydroxyl groups is 1. The number of hydrogen-bond donors (Lipinski definition) is 2. The number of hydrogen-bond acceptors (Lipinski definition) is 4. The maximum absolute atomic E-state index is 12.6. The Kier molecular flexibility index (Phi) is 3.62. The summed E-state index contributed by atoms with van der Waals surface area (Å²) in [5.41, 5.74) is 8.01. The van der Waals surface area contributed by atoms with Crippen LogP contribution in [0.2, 0.25) is 0 Å². The van der Waals surface area contributed by atoms with Crippen molar-refractivity contribution in [2.45, 2.75) is 6.92 Å². The molecule has 3 rings (SSSR count). The molecule has 0 radical (unpaired) electrons. The van der Waals surface area contributed by atoms with E-state index >= 15 is 0 Å². The van der Waals surface area contributed by atoms with E-state index in [1.54, 1.807) is 50.4 Å². The number of anilines is 1. The Morgan fingerprint density at radius 1 is 1.17 bits per heavy atom. The molecule has 0 spiro atoms. The van der Waals surface area contributed by atoms with E-state index in [9.17, 15) is 9.90 Å². The van der Waals surface area contributed by atoms with Crippen molar-refractivity contribution in [1.29, 1.82) is 0 Å². The van der Waals surface area contributed by atoms with Crippen LogP contribution in [0, 0.1) is 0 Å². The fourth-order valence-corrected chi connectivity index (χ4v) is 2.65. The molecule has 0 atom stereocenters. The summed E-state index contributed by atoms with van der Waals surface area (Å²) in [6.45, 7) is 1.70. The number of pyridine rings is 1. The summed E-state index contributed by atoms with van der Waals surface area (Å²) in [4.78, 5) is 17.0. The normalized spacial score (nSPS) is 11.8. The molecule has 0 aliphatic rings. The minimum Gasteiger partial charge on any atom is -0.506 e. The van der Waals surface area contributed by atoms with Crippen LogP contribution in [0.5, 0.6) is 5.75 Å². The monoisotopic (exact) mass is 307 g/mol. The van der Waals surface area contributed by atoms with Crippen molar-refractivity contribution in [2.75, 3.05) is 5.73 Å². The van der Waals surface area contributed by atoms with Gasteiger partial charge in [-0.15, -0.1) is 0 Å². The first-order valence-electron chi connectivity index (χ1n) is 7.21. The van der Waals surface area contributed by atoms with Gasteiger partial charge in [0, 0.05) is 18.1 Å². The lowest BCUT2D eigenvalue weighted by molar-refractivity contribution is 0.478. The van der Waals surface area contributed by atoms with E-state index in [1.807, 2.05) is 12.1 Å². The highest BCUT2D eigenvalue weighted by Gasteiger charge is 2.16. The van der Waals surface area contributed by atoms with Gasteiger partial charge < -0.3 is 15.4 Å². The molecule has 3 aromatic rings. The highest BCUT2D eigenvalue weighted by Crippen LogP contribution is 2.27. The smallest absolute Gasteiger partial charge is 0.263 e. The van der Waals surface area contributed by atoms with Crippen molar-refractivity contribution in [3.05, 3.63) is 64.4 Å². The number of para-hydroxylation sites is 1. The van der Waals surface area contributed by atoms with Crippen molar-refractivity contribution < 1.29 is 5.11 Å². The van der Waals surface area contributed by atoms with E-state index in [1.165, 1.54) is 4.57 Å². The van der Waals surface area contributed by atoms with Crippen LogP contribution in [0.15, 0.2) is 58.3 Å². The van der Waals surface area contributed by atoms with Gasteiger partial charge in [0.15, 0.2) is 0 Å². The summed E-state index contributed by atoms with van der Waals surface area (Å²) in [6, 6.07) is 14.3. The molecule has 0 aliphatic carbocycles. The molecule has 23 heavy (non-hydrogen) atoms. The second kappa shape index (κ2) is 5.61. The van der Waals surface area contributed by atoms with Crippen LogP contribution < -0.4 is 11.3 Å². The first kappa shape index (κ1) is 14.8. The zero-order valence-corrected chi connectivity index (χ0v) is 12.9. The Morgan fingerprint density at radius 3 is 2.65 bits per heavy atom. The lowest BCUT2D eigenvalue weighted by Gasteiger charge is -2.11. The molecule has 1 heterocycles. The van der Waals surface area contributed by atoms with Gasteiger partial charge in [0.25, 0.3) is 5.56 Å². The van der Waals surface area contributed by atoms with Crippen LogP contribution in [0.1, 0.15) is 12.5 Å². The number of rotatable bonds is 2. The van der Waals surface area contributed by atoms with Gasteiger partial charge in [0.05, 0.1) is 16.9 Å². The Bertz CT molecular complexity index is 987. The van der Waals surface area contributed by atoms with E-state index in [4.69, 9.17) is 5.73 Å². The maximum atomic E-state index is 12.6. The molecule has 0 bridgehead atoms. The van der Waals surface area contributed by atoms with Crippen LogP contribution >= 0.6 is 0 Å². The first-order valence-corrected chi connectivity index (χ1v) is 7.21. The van der Waals surface area contributed by atoms with Crippen molar-refractivity contribution in [1.82, 2.24) is 4.57 Å². The van der Waals surface area contributed by atoms with Crippen LogP contribution in [-0.4, -0.2) is 15.4 Å². The first-order chi connectivity index (χ1) is 11.0. The van der Waals surface area contributed by atoms with Crippen molar-refractivity contribution >= 4 is 28.0 Å². The third kappa shape index (κ3) is 2.57. The van der Waals surface area contributed by atoms with E-state index in [0.717, 1.165) is 0 Å². The molecule has 0 fully saturated rings. The second-order valence-corrected chi connectivity index (χ2v) is 5.40. The molecule has 2 aromatic carbocycles. The Balaban J connectivity index is 2.26. The average molecular weight is 307 g/mol. The minimum absolute atomic E-state index is 0.0474. The number of nitrogen functional groups attached to an aromatic ring is 1. The average Bonchev–Trinajstić information content (AvgIpc) is 2.53. The Hall–Kier alpha value is -3.08. The quantitative estimate of drug-likeness (QED) is 0.564. The van der Waals surface area contributed by atoms with E-state index in [2.05, 4.69) is 4.99 Å². The summed E-state index contributed by atoms with van der Waals surface area (Å²) in [7, 11) is 1.68. The van der Waals surface area contributed by atoms with Crippen LogP contribution in [-0.2, 0) is 7.05 Å². The highest BCUT2D eigenvalue weighted by molar-refractivity contribution is 6.06. The molecule has 0 saturated heterocycles. The molecule has 5 nitrogen and oxygen atoms in total. The SMILES string of the molecule is CC(=Nc1cccc(N)c1)c1c(O)c2ccccc2n(C)c1=O. The van der Waals surface area contributed by atoms with Gasteiger partial charge >= 0.3 is 0 Å². The molecular weight excluding hydrogens is 290 g/mol. The zero-order chi connectivity index (χ0) is 16.6. The van der Waals surface area contributed by atoms with Gasteiger partial charge in [-0.25, -0.2) is 0 Å². The van der Waals surface area contributed by atoms with Crippen LogP contribution in [0.3, 0.4) is 0 Å². The molecule has 0 unspecified atom stereocenters. The number of nitrogens with zero attached hydrogens (tertiary/aromatic N) is 2. The van der Waals surface area contributed by atoms with E-state index in [0.29, 0.717) is 28.0 Å². The van der Waals surface area contributed by atoms with Gasteiger partial charge in [-0.2, -0.15) is 0 Å². The molecule has 5 heteroatoms. The van der Waals surface area contributed by atoms with Gasteiger partial charge in [-0.05, 0) is 37.3 Å². The van der Waals surface area contributed by atoms with Gasteiger partial charge in [0.2, 0.25) is 0 Å². The number of aliphatic imine (C=N–C) groups is 1. The number of aryl methyl sites for hydroxylation is 1. The third-order valence-electron chi connectivity index (χ3n) is 3.80. The molecule has 116 valence electrons. The zero-order valence-electron chi connectivity index (χ0n) is 12.9. The molecule has 0 amide bonds. The molecule has 0 saturated carbocycles. The fraction of sp³-hybridized carbons (Fsp3) is 0.111. The van der Waals surface area contributed by atoms with Crippen LogP contribution in [0.25, 0.3) is 10.9 Å². The minimum atomic E-state index is -0.286. The number of nitrogens with two attached hydrogens (primary N) is 1. The van der Waals surface area contributed by atoms with Gasteiger partial charge in [-0.3, -0.25) is 9.79 Å². The molecule has 1 aromatic heterocycles. The fourth-order valence-electron chi connectivity index (χ4n) is 2.65. The lowest BCUT2D eigenvalue weighted by atomic mass is 10.1. The van der Waals surface area contributed by atoms with E-state index in [-0.39, 0.29) is 16.9 Å².